The Kier molecular flexibility index (Phi) is 39.6. The van der Waals surface area contributed by atoms with Crippen molar-refractivity contribution in [2.45, 2.75) is 193 Å². The second-order valence-corrected chi connectivity index (χ2v) is 16.7. The summed E-state index contributed by atoms with van der Waals surface area (Å²) in [6, 6.07) is 0. The molecule has 2 atom stereocenters. The molecule has 0 saturated heterocycles. The fourth-order valence-corrected chi connectivity index (χ4v) is 6.11. The molecule has 0 aromatic heterocycles. The summed E-state index contributed by atoms with van der Waals surface area (Å²) < 4.78 is 22.6. The standard InChI is InChI=1S/C50H87NO8/c1-6-8-10-12-14-16-18-20-22-24-26-28-30-32-34-36-38-40-47(52)57-44-46(45-58-50(49(54)55)56-43-42-51(3,4)5)59-48(53)41-39-37-35-33-31-29-27-25-23-21-19-17-15-13-11-9-7-2/h9,11,14-17,20-23,46,50H,6-8,10,12-13,18-19,24-45H2,1-5H3/b11-9-,16-14-,17-15-,22-20-,23-21-. The molecule has 0 radical (unpaired) electrons. The fraction of sp³-hybridized carbons (Fsp3) is 0.740. The van der Waals surface area contributed by atoms with Crippen LogP contribution in [0.4, 0.5) is 0 Å². The normalized spacial score (nSPS) is 13.4. The molecule has 0 fully saturated rings. The molecule has 340 valence electrons. The molecule has 0 heterocycles. The molecule has 2 unspecified atom stereocenters. The van der Waals surface area contributed by atoms with Crippen LogP contribution in [0, 0.1) is 0 Å². The lowest BCUT2D eigenvalue weighted by molar-refractivity contribution is -0.870. The maximum atomic E-state index is 12.8. The number of hydrogen-bond donors (Lipinski definition) is 0. The maximum absolute atomic E-state index is 12.8. The van der Waals surface area contributed by atoms with E-state index in [0.29, 0.717) is 17.4 Å². The molecule has 0 aromatic rings. The van der Waals surface area contributed by atoms with Crippen LogP contribution in [0.2, 0.25) is 0 Å². The number of carbonyl (C=O) groups is 3. The Morgan fingerprint density at radius 1 is 0.525 bits per heavy atom. The van der Waals surface area contributed by atoms with Crippen molar-refractivity contribution in [3.63, 3.8) is 0 Å². The van der Waals surface area contributed by atoms with Crippen molar-refractivity contribution in [1.82, 2.24) is 0 Å². The number of carbonyl (C=O) groups excluding carboxylic acids is 3. The second kappa shape index (κ2) is 41.7. The first-order valence-corrected chi connectivity index (χ1v) is 23.4. The number of likely N-dealkylation sites (N-methyl/N-ethyl adjacent to an activating group) is 1. The first-order chi connectivity index (χ1) is 28.6. The van der Waals surface area contributed by atoms with Crippen molar-refractivity contribution in [3.8, 4) is 0 Å². The summed E-state index contributed by atoms with van der Waals surface area (Å²) in [6.07, 6.45) is 46.7. The van der Waals surface area contributed by atoms with Gasteiger partial charge in [-0.25, -0.2) is 0 Å². The van der Waals surface area contributed by atoms with E-state index in [9.17, 15) is 19.5 Å². The summed E-state index contributed by atoms with van der Waals surface area (Å²) in [5.74, 6) is -2.31. The van der Waals surface area contributed by atoms with Crippen molar-refractivity contribution < 1.29 is 42.9 Å². The van der Waals surface area contributed by atoms with Gasteiger partial charge in [0.15, 0.2) is 12.4 Å². The molecule has 59 heavy (non-hydrogen) atoms. The van der Waals surface area contributed by atoms with Gasteiger partial charge in [0.05, 0.1) is 40.3 Å². The van der Waals surface area contributed by atoms with Crippen LogP contribution in [-0.4, -0.2) is 82.3 Å². The molecular formula is C50H87NO8. The highest BCUT2D eigenvalue weighted by Crippen LogP contribution is 2.14. The van der Waals surface area contributed by atoms with Crippen LogP contribution >= 0.6 is 0 Å². The lowest BCUT2D eigenvalue weighted by atomic mass is 10.1. The van der Waals surface area contributed by atoms with E-state index in [1.165, 1.54) is 64.2 Å². The zero-order valence-electron chi connectivity index (χ0n) is 38.4. The number of rotatable bonds is 42. The topological polar surface area (TPSA) is 111 Å². The number of esters is 2. The van der Waals surface area contributed by atoms with E-state index in [1.807, 2.05) is 21.1 Å². The summed E-state index contributed by atoms with van der Waals surface area (Å²) in [7, 11) is 5.90. The molecule has 0 rings (SSSR count). The van der Waals surface area contributed by atoms with Crippen LogP contribution in [0.3, 0.4) is 0 Å². The summed E-state index contributed by atoms with van der Waals surface area (Å²) in [5.41, 5.74) is 0. The van der Waals surface area contributed by atoms with Gasteiger partial charge in [0.25, 0.3) is 0 Å². The van der Waals surface area contributed by atoms with Gasteiger partial charge in [-0.05, 0) is 77.0 Å². The van der Waals surface area contributed by atoms with Crippen LogP contribution < -0.4 is 5.11 Å². The molecule has 9 heteroatoms. The average molecular weight is 830 g/mol. The number of hydrogen-bond acceptors (Lipinski definition) is 8. The Bertz CT molecular complexity index is 1150. The van der Waals surface area contributed by atoms with Crippen LogP contribution in [0.15, 0.2) is 60.8 Å². The van der Waals surface area contributed by atoms with Crippen LogP contribution in [0.5, 0.6) is 0 Å². The number of aliphatic carboxylic acids is 1. The number of quaternary nitrogens is 1. The predicted molar refractivity (Wildman–Crippen MR) is 242 cm³/mol. The maximum Gasteiger partial charge on any atom is 0.306 e. The van der Waals surface area contributed by atoms with Gasteiger partial charge >= 0.3 is 11.9 Å². The summed E-state index contributed by atoms with van der Waals surface area (Å²) >= 11 is 0. The summed E-state index contributed by atoms with van der Waals surface area (Å²) in [6.45, 7) is 4.57. The van der Waals surface area contributed by atoms with E-state index in [-0.39, 0.29) is 38.6 Å². The van der Waals surface area contributed by atoms with Gasteiger partial charge in [-0.15, -0.1) is 0 Å². The first kappa shape index (κ1) is 56.0. The first-order valence-electron chi connectivity index (χ1n) is 23.4. The van der Waals surface area contributed by atoms with E-state index < -0.39 is 24.3 Å². The zero-order valence-corrected chi connectivity index (χ0v) is 38.4. The number of carboxylic acid groups (broad SMARTS) is 1. The van der Waals surface area contributed by atoms with Gasteiger partial charge in [0.1, 0.15) is 13.2 Å². The van der Waals surface area contributed by atoms with Gasteiger partial charge in [-0.1, -0.05) is 152 Å². The SMILES string of the molecule is CC/C=C\C/C=C\C/C=C\CCCCCCCCCC(=O)OC(COC(=O)CCCCCCCCC/C=C\C/C=C\CCCCC)COC(OCC[N+](C)(C)C)C(=O)[O-]. The van der Waals surface area contributed by atoms with Crippen molar-refractivity contribution in [2.75, 3.05) is 47.5 Å². The molecule has 9 nitrogen and oxygen atoms in total. The Labute approximate surface area is 361 Å². The Hall–Kier alpha value is -3.01. The highest BCUT2D eigenvalue weighted by Gasteiger charge is 2.21. The van der Waals surface area contributed by atoms with Crippen molar-refractivity contribution >= 4 is 17.9 Å². The average Bonchev–Trinajstić information content (AvgIpc) is 3.19. The highest BCUT2D eigenvalue weighted by molar-refractivity contribution is 5.70. The van der Waals surface area contributed by atoms with E-state index >= 15 is 0 Å². The summed E-state index contributed by atoms with van der Waals surface area (Å²) in [4.78, 5) is 37.0. The Morgan fingerprint density at radius 2 is 0.966 bits per heavy atom. The van der Waals surface area contributed by atoms with Gasteiger partial charge in [-0.2, -0.15) is 0 Å². The van der Waals surface area contributed by atoms with Crippen molar-refractivity contribution in [2.24, 2.45) is 0 Å². The van der Waals surface area contributed by atoms with Crippen LogP contribution in [-0.2, 0) is 33.3 Å². The molecule has 0 aromatic carbocycles. The lowest BCUT2D eigenvalue weighted by Gasteiger charge is -2.26. The van der Waals surface area contributed by atoms with Gasteiger partial charge in [0, 0.05) is 12.8 Å². The number of carboxylic acids is 1. The molecule has 0 aliphatic carbocycles. The molecule has 0 bridgehead atoms. The van der Waals surface area contributed by atoms with Crippen molar-refractivity contribution in [3.05, 3.63) is 60.8 Å². The van der Waals surface area contributed by atoms with E-state index in [0.717, 1.165) is 83.5 Å². The number of nitrogens with zero attached hydrogens (tertiary/aromatic N) is 1. The third-order valence-electron chi connectivity index (χ3n) is 9.75. The monoisotopic (exact) mass is 830 g/mol. The molecule has 0 aliphatic rings. The minimum Gasteiger partial charge on any atom is -0.545 e. The third kappa shape index (κ3) is 42.9. The minimum absolute atomic E-state index is 0.142. The van der Waals surface area contributed by atoms with Crippen LogP contribution in [0.25, 0.3) is 0 Å². The smallest absolute Gasteiger partial charge is 0.306 e. The molecule has 0 saturated carbocycles. The van der Waals surface area contributed by atoms with E-state index in [2.05, 4.69) is 74.6 Å². The highest BCUT2D eigenvalue weighted by atomic mass is 16.7. The Morgan fingerprint density at radius 3 is 1.44 bits per heavy atom. The number of unbranched alkanes of at least 4 members (excludes halogenated alkanes) is 17. The molecule has 0 aliphatic heterocycles. The second-order valence-electron chi connectivity index (χ2n) is 16.7. The molecule has 0 N–H and O–H groups in total. The Balaban J connectivity index is 4.44. The molecular weight excluding hydrogens is 743 g/mol. The zero-order chi connectivity index (χ0) is 43.5. The number of ether oxygens (including phenoxy) is 4. The van der Waals surface area contributed by atoms with Crippen molar-refractivity contribution in [1.29, 1.82) is 0 Å². The van der Waals surface area contributed by atoms with Gasteiger partial charge < -0.3 is 33.3 Å². The quantitative estimate of drug-likeness (QED) is 0.0197. The predicted octanol–water partition coefficient (Wildman–Crippen LogP) is 11.2. The summed E-state index contributed by atoms with van der Waals surface area (Å²) in [5, 5.41) is 11.7. The van der Waals surface area contributed by atoms with Crippen LogP contribution in [0.1, 0.15) is 181 Å². The van der Waals surface area contributed by atoms with Gasteiger partial charge in [0.2, 0.25) is 0 Å². The third-order valence-corrected chi connectivity index (χ3v) is 9.75. The molecule has 0 amide bonds. The lowest BCUT2D eigenvalue weighted by Crippen LogP contribution is -2.44. The molecule has 0 spiro atoms. The van der Waals surface area contributed by atoms with E-state index in [1.54, 1.807) is 0 Å². The van der Waals surface area contributed by atoms with E-state index in [4.69, 9.17) is 18.9 Å². The van der Waals surface area contributed by atoms with Gasteiger partial charge in [-0.3, -0.25) is 9.59 Å². The largest absolute Gasteiger partial charge is 0.545 e. The number of allylic oxidation sites excluding steroid dienone is 10. The fourth-order valence-electron chi connectivity index (χ4n) is 6.11. The minimum atomic E-state index is -1.63.